The highest BCUT2D eigenvalue weighted by molar-refractivity contribution is 5.69. The van der Waals surface area contributed by atoms with E-state index >= 15 is 0 Å². The van der Waals surface area contributed by atoms with E-state index in [2.05, 4.69) is 27.7 Å². The molecule has 4 nitrogen and oxygen atoms in total. The summed E-state index contributed by atoms with van der Waals surface area (Å²) in [4.78, 5) is 11.0. The van der Waals surface area contributed by atoms with E-state index in [9.17, 15) is 4.79 Å². The average molecular weight is 433 g/mol. The second-order valence-electron chi connectivity index (χ2n) is 9.95. The number of ether oxygens (including phenoxy) is 2. The van der Waals surface area contributed by atoms with Crippen molar-refractivity contribution < 1.29 is 19.4 Å². The lowest BCUT2D eigenvalue weighted by Crippen LogP contribution is -2.41. The van der Waals surface area contributed by atoms with Crippen molar-refractivity contribution in [3.05, 3.63) is 22.3 Å². The van der Waals surface area contributed by atoms with Gasteiger partial charge in [0.15, 0.2) is 6.61 Å². The van der Waals surface area contributed by atoms with Crippen LogP contribution in [0.25, 0.3) is 0 Å². The largest absolute Gasteiger partial charge is 0.487 e. The monoisotopic (exact) mass is 432 g/mol. The van der Waals surface area contributed by atoms with Crippen LogP contribution in [0.4, 0.5) is 0 Å². The van der Waals surface area contributed by atoms with Gasteiger partial charge in [0.2, 0.25) is 0 Å². The number of hydrogen-bond acceptors (Lipinski definition) is 3. The molecular formula is C27H44O4. The Morgan fingerprint density at radius 1 is 1.03 bits per heavy atom. The summed E-state index contributed by atoms with van der Waals surface area (Å²) in [6.45, 7) is 12.7. The van der Waals surface area contributed by atoms with Crippen LogP contribution in [0, 0.1) is 26.7 Å². The Labute approximate surface area is 189 Å². The van der Waals surface area contributed by atoms with E-state index in [1.54, 1.807) is 0 Å². The van der Waals surface area contributed by atoms with Crippen molar-refractivity contribution in [2.24, 2.45) is 5.92 Å². The average Bonchev–Trinajstić information content (AvgIpc) is 2.70. The van der Waals surface area contributed by atoms with Crippen molar-refractivity contribution in [2.75, 3.05) is 6.61 Å². The lowest BCUT2D eigenvalue weighted by molar-refractivity contribution is -0.139. The zero-order valence-electron chi connectivity index (χ0n) is 20.7. The third kappa shape index (κ3) is 6.89. The summed E-state index contributed by atoms with van der Waals surface area (Å²) < 4.78 is 12.5. The zero-order valence-corrected chi connectivity index (χ0v) is 20.7. The van der Waals surface area contributed by atoms with Crippen molar-refractivity contribution in [1.82, 2.24) is 0 Å². The van der Waals surface area contributed by atoms with E-state index in [1.807, 2.05) is 13.8 Å². The van der Waals surface area contributed by atoms with Crippen molar-refractivity contribution in [1.29, 1.82) is 0 Å². The summed E-state index contributed by atoms with van der Waals surface area (Å²) in [7, 11) is 0. The Morgan fingerprint density at radius 3 is 2.29 bits per heavy atom. The Hall–Kier alpha value is -1.71. The molecule has 2 rings (SSSR count). The first-order chi connectivity index (χ1) is 14.7. The minimum Gasteiger partial charge on any atom is -0.487 e. The van der Waals surface area contributed by atoms with Crippen LogP contribution in [0.15, 0.2) is 0 Å². The second kappa shape index (κ2) is 11.8. The molecule has 1 aromatic rings. The first-order valence-electron chi connectivity index (χ1n) is 12.4. The van der Waals surface area contributed by atoms with E-state index in [-0.39, 0.29) is 12.2 Å². The number of aliphatic carboxylic acids is 1. The maximum Gasteiger partial charge on any atom is 0.341 e. The highest BCUT2D eigenvalue weighted by Crippen LogP contribution is 2.46. The zero-order chi connectivity index (χ0) is 23.0. The standard InChI is InChI=1S/C27H44O4/c1-7-8-9-10-11-12-13-15-27(17-19(2)3)16-14-23-22(6)25(30-18-24(28)29)20(4)21(5)26(23)31-27/h19H,7-18H2,1-6H3,(H,28,29). The molecule has 1 atom stereocenters. The number of fused-ring (bicyclic) bond motifs is 1. The van der Waals surface area contributed by atoms with E-state index < -0.39 is 5.97 Å². The minimum absolute atomic E-state index is 0.0857. The smallest absolute Gasteiger partial charge is 0.341 e. The number of carboxylic acids is 1. The van der Waals surface area contributed by atoms with Gasteiger partial charge in [-0.15, -0.1) is 0 Å². The third-order valence-electron chi connectivity index (χ3n) is 6.82. The number of carboxylic acid groups (broad SMARTS) is 1. The maximum atomic E-state index is 11.0. The first-order valence-corrected chi connectivity index (χ1v) is 12.4. The molecule has 0 saturated carbocycles. The van der Waals surface area contributed by atoms with Gasteiger partial charge >= 0.3 is 5.97 Å². The van der Waals surface area contributed by atoms with Gasteiger partial charge in [-0.2, -0.15) is 0 Å². The van der Waals surface area contributed by atoms with E-state index in [4.69, 9.17) is 14.6 Å². The minimum atomic E-state index is -0.948. The molecule has 1 aliphatic heterocycles. The number of unbranched alkanes of at least 4 members (excludes halogenated alkanes) is 6. The van der Waals surface area contributed by atoms with Gasteiger partial charge in [-0.3, -0.25) is 0 Å². The molecule has 0 radical (unpaired) electrons. The second-order valence-corrected chi connectivity index (χ2v) is 9.95. The molecule has 176 valence electrons. The molecule has 1 aromatic carbocycles. The summed E-state index contributed by atoms with van der Waals surface area (Å²) in [5, 5.41) is 9.03. The summed E-state index contributed by atoms with van der Waals surface area (Å²) in [6.07, 6.45) is 13.4. The van der Waals surface area contributed by atoms with Gasteiger partial charge < -0.3 is 14.6 Å². The van der Waals surface area contributed by atoms with E-state index in [0.29, 0.717) is 11.7 Å². The van der Waals surface area contributed by atoms with Crippen LogP contribution in [0.1, 0.15) is 107 Å². The molecule has 1 heterocycles. The normalized spacial score (nSPS) is 18.0. The molecule has 1 N–H and O–H groups in total. The Morgan fingerprint density at radius 2 is 1.68 bits per heavy atom. The van der Waals surface area contributed by atoms with Crippen molar-refractivity contribution >= 4 is 5.97 Å². The van der Waals surface area contributed by atoms with Gasteiger partial charge in [0, 0.05) is 5.56 Å². The maximum absolute atomic E-state index is 11.0. The molecule has 1 aliphatic rings. The Bertz CT molecular complexity index is 737. The Kier molecular flexibility index (Phi) is 9.71. The highest BCUT2D eigenvalue weighted by atomic mass is 16.5. The van der Waals surface area contributed by atoms with Crippen LogP contribution in [0.5, 0.6) is 11.5 Å². The van der Waals surface area contributed by atoms with Gasteiger partial charge in [0.05, 0.1) is 0 Å². The van der Waals surface area contributed by atoms with Crippen LogP contribution in [0.3, 0.4) is 0 Å². The van der Waals surface area contributed by atoms with Crippen LogP contribution in [-0.2, 0) is 11.2 Å². The summed E-state index contributed by atoms with van der Waals surface area (Å²) in [5.41, 5.74) is 4.23. The lowest BCUT2D eigenvalue weighted by Gasteiger charge is -2.42. The Balaban J connectivity index is 2.17. The van der Waals surface area contributed by atoms with Crippen LogP contribution >= 0.6 is 0 Å². The number of benzene rings is 1. The fraction of sp³-hybridized carbons (Fsp3) is 0.741. The molecule has 31 heavy (non-hydrogen) atoms. The predicted octanol–water partition coefficient (Wildman–Crippen LogP) is 7.33. The van der Waals surface area contributed by atoms with Crippen LogP contribution in [-0.4, -0.2) is 23.3 Å². The summed E-state index contributed by atoms with van der Waals surface area (Å²) in [6, 6.07) is 0. The molecule has 0 aromatic heterocycles. The first kappa shape index (κ1) is 25.5. The number of carbonyl (C=O) groups is 1. The molecule has 0 amide bonds. The fourth-order valence-electron chi connectivity index (χ4n) is 5.14. The molecular weight excluding hydrogens is 388 g/mol. The lowest BCUT2D eigenvalue weighted by atomic mass is 9.79. The highest BCUT2D eigenvalue weighted by Gasteiger charge is 2.38. The van der Waals surface area contributed by atoms with Gasteiger partial charge in [-0.25, -0.2) is 4.79 Å². The quantitative estimate of drug-likeness (QED) is 0.332. The summed E-state index contributed by atoms with van der Waals surface area (Å²) in [5.74, 6) is 1.38. The molecule has 0 spiro atoms. The van der Waals surface area contributed by atoms with Crippen molar-refractivity contribution in [3.63, 3.8) is 0 Å². The molecule has 1 unspecified atom stereocenters. The van der Waals surface area contributed by atoms with Gasteiger partial charge in [-0.05, 0) is 75.5 Å². The van der Waals surface area contributed by atoms with Crippen LogP contribution < -0.4 is 9.47 Å². The fourth-order valence-corrected chi connectivity index (χ4v) is 5.14. The van der Waals surface area contributed by atoms with Gasteiger partial charge in [0.25, 0.3) is 0 Å². The third-order valence-corrected chi connectivity index (χ3v) is 6.82. The SMILES string of the molecule is CCCCCCCCCC1(CC(C)C)CCc2c(C)c(OCC(=O)O)c(C)c(C)c2O1. The molecule has 0 fully saturated rings. The molecule has 0 saturated heterocycles. The summed E-state index contributed by atoms with van der Waals surface area (Å²) >= 11 is 0. The van der Waals surface area contributed by atoms with Crippen molar-refractivity contribution in [3.8, 4) is 11.5 Å². The number of hydrogen-bond donors (Lipinski definition) is 1. The molecule has 0 aliphatic carbocycles. The van der Waals surface area contributed by atoms with Crippen LogP contribution in [0.2, 0.25) is 0 Å². The van der Waals surface area contributed by atoms with E-state index in [1.165, 1.54) is 50.5 Å². The molecule has 0 bridgehead atoms. The van der Waals surface area contributed by atoms with Gasteiger partial charge in [-0.1, -0.05) is 59.3 Å². The topological polar surface area (TPSA) is 55.8 Å². The predicted molar refractivity (Wildman–Crippen MR) is 128 cm³/mol. The van der Waals surface area contributed by atoms with Crippen molar-refractivity contribution in [2.45, 2.75) is 118 Å². The number of rotatable bonds is 13. The molecule has 4 heteroatoms. The van der Waals surface area contributed by atoms with Gasteiger partial charge in [0.1, 0.15) is 17.1 Å². The van der Waals surface area contributed by atoms with E-state index in [0.717, 1.165) is 48.1 Å².